The highest BCUT2D eigenvalue weighted by atomic mass is 16.2. The number of likely N-dealkylation sites (tertiary alicyclic amines) is 1. The quantitative estimate of drug-likeness (QED) is 0.867. The summed E-state index contributed by atoms with van der Waals surface area (Å²) in [6, 6.07) is 4.11. The fourth-order valence-corrected chi connectivity index (χ4v) is 2.73. The average molecular weight is 249 g/mol. The zero-order valence-corrected chi connectivity index (χ0v) is 11.5. The van der Waals surface area contributed by atoms with Crippen molar-refractivity contribution in [2.24, 2.45) is 12.8 Å². The van der Waals surface area contributed by atoms with Crippen molar-refractivity contribution in [2.45, 2.75) is 45.2 Å². The van der Waals surface area contributed by atoms with Gasteiger partial charge in [-0.15, -0.1) is 0 Å². The third kappa shape index (κ3) is 2.29. The fraction of sp³-hybridized carbons (Fsp3) is 0.643. The molecule has 18 heavy (non-hydrogen) atoms. The lowest BCUT2D eigenvalue weighted by Gasteiger charge is -2.38. The molecule has 100 valence electrons. The van der Waals surface area contributed by atoms with E-state index in [1.54, 1.807) is 0 Å². The summed E-state index contributed by atoms with van der Waals surface area (Å²) in [6.07, 6.45) is 3.27. The molecular formula is C14H23N3O. The van der Waals surface area contributed by atoms with Crippen molar-refractivity contribution in [1.29, 1.82) is 0 Å². The minimum absolute atomic E-state index is 0.0376. The number of carbonyl (C=O) groups is 1. The number of piperidine rings is 1. The smallest absolute Gasteiger partial charge is 0.270 e. The van der Waals surface area contributed by atoms with Gasteiger partial charge in [0.05, 0.1) is 0 Å². The number of nitrogens with zero attached hydrogens (tertiary/aromatic N) is 2. The van der Waals surface area contributed by atoms with Gasteiger partial charge in [0.25, 0.3) is 5.91 Å². The second kappa shape index (κ2) is 5.14. The van der Waals surface area contributed by atoms with E-state index in [1.807, 2.05) is 42.5 Å². The summed E-state index contributed by atoms with van der Waals surface area (Å²) < 4.78 is 1.95. The molecule has 1 fully saturated rings. The number of aromatic nitrogens is 1. The summed E-state index contributed by atoms with van der Waals surface area (Å²) in [5.41, 5.74) is 7.88. The fourth-order valence-electron chi connectivity index (χ4n) is 2.73. The molecule has 2 heterocycles. The molecule has 1 saturated heterocycles. The zero-order valence-electron chi connectivity index (χ0n) is 11.5. The molecule has 0 aliphatic carbocycles. The predicted octanol–water partition coefficient (Wildman–Crippen LogP) is 1.68. The number of amides is 1. The summed E-state index contributed by atoms with van der Waals surface area (Å²) in [6.45, 7) is 4.83. The van der Waals surface area contributed by atoms with Gasteiger partial charge in [-0.3, -0.25) is 4.79 Å². The Morgan fingerprint density at radius 1 is 1.44 bits per heavy atom. The zero-order chi connectivity index (χ0) is 13.3. The van der Waals surface area contributed by atoms with Gasteiger partial charge in [-0.25, -0.2) is 0 Å². The van der Waals surface area contributed by atoms with Crippen LogP contribution in [0.15, 0.2) is 12.1 Å². The molecule has 1 aliphatic heterocycles. The lowest BCUT2D eigenvalue weighted by molar-refractivity contribution is 0.0574. The topological polar surface area (TPSA) is 51.3 Å². The molecule has 4 heteroatoms. The lowest BCUT2D eigenvalue weighted by atomic mass is 9.96. The van der Waals surface area contributed by atoms with Crippen LogP contribution in [0.1, 0.15) is 42.4 Å². The molecule has 0 aromatic carbocycles. The summed E-state index contributed by atoms with van der Waals surface area (Å²) in [5.74, 6) is 0.118. The normalized spacial score (nSPS) is 22.0. The van der Waals surface area contributed by atoms with Gasteiger partial charge >= 0.3 is 0 Å². The van der Waals surface area contributed by atoms with Crippen LogP contribution in [0.3, 0.4) is 0 Å². The van der Waals surface area contributed by atoms with E-state index in [4.69, 9.17) is 5.73 Å². The van der Waals surface area contributed by atoms with E-state index < -0.39 is 0 Å². The van der Waals surface area contributed by atoms with E-state index in [0.717, 1.165) is 30.8 Å². The Morgan fingerprint density at radius 3 is 2.72 bits per heavy atom. The van der Waals surface area contributed by atoms with Gasteiger partial charge in [-0.2, -0.15) is 0 Å². The van der Waals surface area contributed by atoms with Crippen LogP contribution in [0, 0.1) is 6.92 Å². The van der Waals surface area contributed by atoms with Crippen LogP contribution in [-0.2, 0) is 7.05 Å². The van der Waals surface area contributed by atoms with Gasteiger partial charge in [0, 0.05) is 31.4 Å². The van der Waals surface area contributed by atoms with Crippen LogP contribution in [0.2, 0.25) is 0 Å². The molecule has 0 bridgehead atoms. The maximum Gasteiger partial charge on any atom is 0.270 e. The molecule has 0 saturated carbocycles. The van der Waals surface area contributed by atoms with E-state index in [2.05, 4.69) is 0 Å². The third-order valence-corrected chi connectivity index (χ3v) is 4.01. The van der Waals surface area contributed by atoms with Crippen LogP contribution in [0.5, 0.6) is 0 Å². The molecule has 0 spiro atoms. The molecule has 2 unspecified atom stereocenters. The molecule has 2 N–H and O–H groups in total. The molecule has 2 atom stereocenters. The molecule has 1 aliphatic rings. The minimum atomic E-state index is 0.0376. The average Bonchev–Trinajstić information content (AvgIpc) is 2.69. The van der Waals surface area contributed by atoms with Crippen LogP contribution < -0.4 is 5.73 Å². The van der Waals surface area contributed by atoms with Crippen molar-refractivity contribution >= 4 is 5.91 Å². The van der Waals surface area contributed by atoms with Gasteiger partial charge in [-0.1, -0.05) is 0 Å². The van der Waals surface area contributed by atoms with Crippen LogP contribution in [0.4, 0.5) is 0 Å². The van der Waals surface area contributed by atoms with Crippen molar-refractivity contribution in [3.63, 3.8) is 0 Å². The van der Waals surface area contributed by atoms with Gasteiger partial charge < -0.3 is 15.2 Å². The van der Waals surface area contributed by atoms with Gasteiger partial charge in [0.15, 0.2) is 0 Å². The SMILES string of the molecule is Cc1ccc(C(=O)N2CCCCC2C(C)N)n1C. The number of aryl methyl sites for hydroxylation is 1. The van der Waals surface area contributed by atoms with E-state index in [1.165, 1.54) is 6.42 Å². The lowest BCUT2D eigenvalue weighted by Crippen LogP contribution is -2.52. The van der Waals surface area contributed by atoms with E-state index in [-0.39, 0.29) is 18.0 Å². The first kappa shape index (κ1) is 13.1. The summed E-state index contributed by atoms with van der Waals surface area (Å²) in [5, 5.41) is 0. The Balaban J connectivity index is 2.23. The van der Waals surface area contributed by atoms with Crippen LogP contribution in [-0.4, -0.2) is 34.0 Å². The third-order valence-electron chi connectivity index (χ3n) is 4.01. The van der Waals surface area contributed by atoms with Crippen molar-refractivity contribution in [2.75, 3.05) is 6.54 Å². The number of rotatable bonds is 2. The van der Waals surface area contributed by atoms with Crippen molar-refractivity contribution < 1.29 is 4.79 Å². The molecule has 1 amide bonds. The predicted molar refractivity (Wildman–Crippen MR) is 72.5 cm³/mol. The first-order chi connectivity index (χ1) is 8.52. The first-order valence-electron chi connectivity index (χ1n) is 6.71. The van der Waals surface area contributed by atoms with E-state index >= 15 is 0 Å². The summed E-state index contributed by atoms with van der Waals surface area (Å²) in [7, 11) is 1.94. The first-order valence-corrected chi connectivity index (χ1v) is 6.71. The van der Waals surface area contributed by atoms with Gasteiger partial charge in [0.2, 0.25) is 0 Å². The Bertz CT molecular complexity index is 436. The number of nitrogens with two attached hydrogens (primary N) is 1. The second-order valence-electron chi connectivity index (χ2n) is 5.34. The number of carbonyl (C=O) groups excluding carboxylic acids is 1. The Kier molecular flexibility index (Phi) is 3.76. The maximum absolute atomic E-state index is 12.6. The van der Waals surface area contributed by atoms with Crippen molar-refractivity contribution in [3.05, 3.63) is 23.5 Å². The largest absolute Gasteiger partial charge is 0.344 e. The van der Waals surface area contributed by atoms with Gasteiger partial charge in [0.1, 0.15) is 5.69 Å². The van der Waals surface area contributed by atoms with Gasteiger partial charge in [-0.05, 0) is 45.2 Å². The maximum atomic E-state index is 12.6. The Hall–Kier alpha value is -1.29. The van der Waals surface area contributed by atoms with Crippen molar-refractivity contribution in [1.82, 2.24) is 9.47 Å². The van der Waals surface area contributed by atoms with Crippen LogP contribution >= 0.6 is 0 Å². The molecular weight excluding hydrogens is 226 g/mol. The molecule has 2 rings (SSSR count). The summed E-state index contributed by atoms with van der Waals surface area (Å²) >= 11 is 0. The highest BCUT2D eigenvalue weighted by Gasteiger charge is 2.30. The molecule has 4 nitrogen and oxygen atoms in total. The molecule has 1 aromatic rings. The second-order valence-corrected chi connectivity index (χ2v) is 5.34. The Labute approximate surface area is 109 Å². The molecule has 0 radical (unpaired) electrons. The monoisotopic (exact) mass is 249 g/mol. The standard InChI is InChI=1S/C14H23N3O/c1-10-7-8-13(16(10)3)14(18)17-9-5-4-6-12(17)11(2)15/h7-8,11-12H,4-6,9,15H2,1-3H3. The minimum Gasteiger partial charge on any atom is -0.344 e. The van der Waals surface area contributed by atoms with Crippen LogP contribution in [0.25, 0.3) is 0 Å². The van der Waals surface area contributed by atoms with Crippen molar-refractivity contribution in [3.8, 4) is 0 Å². The number of hydrogen-bond acceptors (Lipinski definition) is 2. The Morgan fingerprint density at radius 2 is 2.17 bits per heavy atom. The summed E-state index contributed by atoms with van der Waals surface area (Å²) in [4.78, 5) is 14.6. The molecule has 1 aromatic heterocycles. The number of hydrogen-bond donors (Lipinski definition) is 1. The highest BCUT2D eigenvalue weighted by Crippen LogP contribution is 2.22. The highest BCUT2D eigenvalue weighted by molar-refractivity contribution is 5.93. The van der Waals surface area contributed by atoms with E-state index in [9.17, 15) is 4.79 Å². The van der Waals surface area contributed by atoms with E-state index in [0.29, 0.717) is 0 Å².